The van der Waals surface area contributed by atoms with E-state index in [1.807, 2.05) is 6.07 Å². The number of imidazole rings is 1. The van der Waals surface area contributed by atoms with Crippen molar-refractivity contribution in [2.45, 2.75) is 53.4 Å². The topological polar surface area (TPSA) is 17.3 Å². The number of benzene rings is 2. The first-order chi connectivity index (χ1) is 11.9. The molecule has 0 bridgehead atoms. The quantitative estimate of drug-likeness (QED) is 0.223. The van der Waals surface area contributed by atoms with E-state index in [9.17, 15) is 0 Å². The van der Waals surface area contributed by atoms with Crippen molar-refractivity contribution in [1.29, 1.82) is 0 Å². The van der Waals surface area contributed by atoms with Gasteiger partial charge in [0.05, 0.1) is 11.3 Å². The molecule has 0 amide bonds. The number of fused-ring (bicyclic) bond motifs is 6. The van der Waals surface area contributed by atoms with Gasteiger partial charge in [0.25, 0.3) is 0 Å². The molecule has 0 aliphatic rings. The number of hydrogen-bond donors (Lipinski definition) is 0. The summed E-state index contributed by atoms with van der Waals surface area (Å²) < 4.78 is 2.39. The molecule has 0 N–H and O–H groups in total. The molecule has 4 rings (SSSR count). The van der Waals surface area contributed by atoms with Gasteiger partial charge in [-0.2, -0.15) is 0 Å². The standard InChI is InChI=1S/C23H25N2.Ir/c1-13(2)21-22(14(3)4)25-20-12-16(6)15(5)11-19(20)17-9-7-8-10-18(17)23(25)24-21;/h7-9,11-14H,1-6H3;/q-1;. The maximum atomic E-state index is 5.10. The Labute approximate surface area is 169 Å². The number of pyridine rings is 1. The first kappa shape index (κ1) is 19.1. The molecule has 0 saturated carbocycles. The molecule has 2 aromatic carbocycles. The van der Waals surface area contributed by atoms with E-state index < -0.39 is 0 Å². The van der Waals surface area contributed by atoms with Gasteiger partial charge in [0.15, 0.2) is 0 Å². The van der Waals surface area contributed by atoms with Crippen molar-refractivity contribution in [2.75, 3.05) is 0 Å². The Morgan fingerprint density at radius 2 is 1.65 bits per heavy atom. The van der Waals surface area contributed by atoms with Crippen LogP contribution in [0.2, 0.25) is 0 Å². The summed E-state index contributed by atoms with van der Waals surface area (Å²) in [6, 6.07) is 14.4. The fourth-order valence-electron chi connectivity index (χ4n) is 3.89. The van der Waals surface area contributed by atoms with E-state index in [2.05, 4.69) is 76.3 Å². The van der Waals surface area contributed by atoms with Crippen LogP contribution in [0.25, 0.3) is 27.3 Å². The zero-order chi connectivity index (χ0) is 17.9. The Morgan fingerprint density at radius 3 is 2.31 bits per heavy atom. The Kier molecular flexibility index (Phi) is 4.98. The minimum atomic E-state index is 0. The molecule has 0 aliphatic heterocycles. The molecule has 0 unspecified atom stereocenters. The van der Waals surface area contributed by atoms with Crippen molar-refractivity contribution < 1.29 is 20.1 Å². The van der Waals surface area contributed by atoms with Gasteiger partial charge in [0.1, 0.15) is 0 Å². The third-order valence-electron chi connectivity index (χ3n) is 5.26. The van der Waals surface area contributed by atoms with E-state index in [0.717, 1.165) is 11.0 Å². The maximum Gasteiger partial charge on any atom is 0.0614 e. The largest absolute Gasteiger partial charge is 0.337 e. The van der Waals surface area contributed by atoms with Crippen molar-refractivity contribution in [3.05, 3.63) is 58.9 Å². The third-order valence-corrected chi connectivity index (χ3v) is 5.26. The van der Waals surface area contributed by atoms with Gasteiger partial charge < -0.3 is 4.40 Å². The van der Waals surface area contributed by atoms with Crippen LogP contribution in [0.15, 0.2) is 30.3 Å². The Morgan fingerprint density at radius 1 is 0.962 bits per heavy atom. The SMILES string of the molecule is Cc1cc2c3ccc[c-]c3c3nc(C(C)C)c(C(C)C)n3c2cc1C.[Ir]. The van der Waals surface area contributed by atoms with Crippen molar-refractivity contribution in [3.8, 4) is 0 Å². The summed E-state index contributed by atoms with van der Waals surface area (Å²) in [5.74, 6) is 0.816. The molecule has 0 aliphatic carbocycles. The van der Waals surface area contributed by atoms with Crippen LogP contribution in [0.4, 0.5) is 0 Å². The summed E-state index contributed by atoms with van der Waals surface area (Å²) in [6.45, 7) is 13.4. The molecule has 2 nitrogen and oxygen atoms in total. The fraction of sp³-hybridized carbons (Fsp3) is 0.348. The van der Waals surface area contributed by atoms with Gasteiger partial charge in [-0.25, -0.2) is 0 Å². The van der Waals surface area contributed by atoms with Crippen LogP contribution in [-0.4, -0.2) is 9.38 Å². The fourth-order valence-corrected chi connectivity index (χ4v) is 3.89. The Balaban J connectivity index is 0.00000196. The van der Waals surface area contributed by atoms with E-state index >= 15 is 0 Å². The second-order valence-corrected chi connectivity index (χ2v) is 7.76. The average molecular weight is 522 g/mol. The molecule has 4 aromatic rings. The zero-order valence-electron chi connectivity index (χ0n) is 16.3. The van der Waals surface area contributed by atoms with Crippen molar-refractivity contribution in [1.82, 2.24) is 9.38 Å². The number of nitrogens with zero attached hydrogens (tertiary/aromatic N) is 2. The van der Waals surface area contributed by atoms with Gasteiger partial charge >= 0.3 is 0 Å². The maximum absolute atomic E-state index is 5.10. The normalized spacial score (nSPS) is 11.8. The molecule has 1 radical (unpaired) electrons. The first-order valence-electron chi connectivity index (χ1n) is 9.15. The first-order valence-corrected chi connectivity index (χ1v) is 9.15. The van der Waals surface area contributed by atoms with Gasteiger partial charge in [-0.05, 0) is 48.3 Å². The minimum Gasteiger partial charge on any atom is -0.337 e. The molecular weight excluding hydrogens is 496 g/mol. The van der Waals surface area contributed by atoms with Crippen molar-refractivity contribution in [2.24, 2.45) is 0 Å². The summed E-state index contributed by atoms with van der Waals surface area (Å²) in [6.07, 6.45) is 0. The summed E-state index contributed by atoms with van der Waals surface area (Å²) in [5, 5.41) is 3.65. The molecule has 2 aromatic heterocycles. The van der Waals surface area contributed by atoms with Crippen molar-refractivity contribution >= 4 is 27.3 Å². The van der Waals surface area contributed by atoms with Crippen molar-refractivity contribution in [3.63, 3.8) is 0 Å². The van der Waals surface area contributed by atoms with Crippen LogP contribution in [-0.2, 0) is 20.1 Å². The van der Waals surface area contributed by atoms with E-state index in [1.165, 1.54) is 38.8 Å². The summed E-state index contributed by atoms with van der Waals surface area (Å²) in [7, 11) is 0. The number of hydrogen-bond acceptors (Lipinski definition) is 1. The molecule has 2 heterocycles. The van der Waals surface area contributed by atoms with Gasteiger partial charge in [-0.15, -0.1) is 29.7 Å². The predicted octanol–water partition coefficient (Wildman–Crippen LogP) is 6.30. The Hall–Kier alpha value is -1.70. The molecule has 0 fully saturated rings. The van der Waals surface area contributed by atoms with Crippen LogP contribution >= 0.6 is 0 Å². The molecule has 3 heteroatoms. The number of aryl methyl sites for hydroxylation is 2. The van der Waals surface area contributed by atoms with E-state index in [-0.39, 0.29) is 20.1 Å². The summed E-state index contributed by atoms with van der Waals surface area (Å²) in [4.78, 5) is 5.10. The van der Waals surface area contributed by atoms with Gasteiger partial charge in [0.2, 0.25) is 0 Å². The van der Waals surface area contributed by atoms with E-state index in [0.29, 0.717) is 11.8 Å². The van der Waals surface area contributed by atoms with Gasteiger partial charge in [0, 0.05) is 31.3 Å². The minimum absolute atomic E-state index is 0. The van der Waals surface area contributed by atoms with Crippen LogP contribution < -0.4 is 0 Å². The second-order valence-electron chi connectivity index (χ2n) is 7.76. The van der Waals surface area contributed by atoms with Crippen LogP contribution in [0.5, 0.6) is 0 Å². The summed E-state index contributed by atoms with van der Waals surface area (Å²) in [5.41, 5.74) is 7.48. The molecule has 0 saturated heterocycles. The van der Waals surface area contributed by atoms with E-state index in [1.54, 1.807) is 0 Å². The molecule has 0 spiro atoms. The van der Waals surface area contributed by atoms with Crippen LogP contribution in [0.3, 0.4) is 0 Å². The van der Waals surface area contributed by atoms with Crippen LogP contribution in [0.1, 0.15) is 62.0 Å². The molecular formula is C23H25IrN2-. The number of aromatic nitrogens is 2. The van der Waals surface area contributed by atoms with Crippen LogP contribution in [0, 0.1) is 19.9 Å². The van der Waals surface area contributed by atoms with E-state index in [4.69, 9.17) is 4.98 Å². The second kappa shape index (κ2) is 6.79. The smallest absolute Gasteiger partial charge is 0.0614 e. The van der Waals surface area contributed by atoms with Gasteiger partial charge in [-0.1, -0.05) is 39.1 Å². The monoisotopic (exact) mass is 522 g/mol. The summed E-state index contributed by atoms with van der Waals surface area (Å²) >= 11 is 0. The molecule has 137 valence electrons. The Bertz CT molecular complexity index is 1120. The molecule has 26 heavy (non-hydrogen) atoms. The number of rotatable bonds is 2. The third kappa shape index (κ3) is 2.69. The average Bonchev–Trinajstić information content (AvgIpc) is 2.98. The zero-order valence-corrected chi connectivity index (χ0v) is 18.7. The molecule has 0 atom stereocenters. The van der Waals surface area contributed by atoms with Gasteiger partial charge in [-0.3, -0.25) is 4.98 Å². The predicted molar refractivity (Wildman–Crippen MR) is 107 cm³/mol.